The van der Waals surface area contributed by atoms with Crippen molar-refractivity contribution in [3.05, 3.63) is 65.6 Å². The lowest BCUT2D eigenvalue weighted by atomic mass is 9.93. The van der Waals surface area contributed by atoms with E-state index < -0.39 is 0 Å². The zero-order chi connectivity index (χ0) is 16.0. The summed E-state index contributed by atoms with van der Waals surface area (Å²) in [5.74, 6) is -0.385. The van der Waals surface area contributed by atoms with Crippen molar-refractivity contribution in [1.82, 2.24) is 19.3 Å². The van der Waals surface area contributed by atoms with Crippen LogP contribution in [-0.2, 0) is 6.42 Å². The number of benzene rings is 1. The molecule has 0 spiro atoms. The molecule has 5 nitrogen and oxygen atoms in total. The molecule has 0 bridgehead atoms. The predicted molar refractivity (Wildman–Crippen MR) is 82.5 cm³/mol. The van der Waals surface area contributed by atoms with Gasteiger partial charge in [-0.2, -0.15) is 0 Å². The number of nitrogens with zero attached hydrogens (tertiary/aromatic N) is 4. The van der Waals surface area contributed by atoms with E-state index in [1.54, 1.807) is 46.2 Å². The van der Waals surface area contributed by atoms with Crippen molar-refractivity contribution < 1.29 is 9.18 Å². The maximum Gasteiger partial charge on any atom is 0.276 e. The summed E-state index contributed by atoms with van der Waals surface area (Å²) in [7, 11) is 0. The van der Waals surface area contributed by atoms with Gasteiger partial charge in [-0.3, -0.25) is 4.79 Å². The van der Waals surface area contributed by atoms with Gasteiger partial charge >= 0.3 is 0 Å². The molecule has 1 atom stereocenters. The zero-order valence-corrected chi connectivity index (χ0v) is 12.6. The van der Waals surface area contributed by atoms with E-state index in [4.69, 9.17) is 0 Å². The monoisotopic (exact) mass is 310 g/mol. The van der Waals surface area contributed by atoms with Gasteiger partial charge in [-0.25, -0.2) is 14.4 Å². The molecule has 3 heterocycles. The number of carbonyl (C=O) groups excluding carboxylic acids is 1. The van der Waals surface area contributed by atoms with E-state index >= 15 is 0 Å². The molecule has 1 aliphatic rings. The summed E-state index contributed by atoms with van der Waals surface area (Å²) in [6.07, 6.45) is 7.43. The highest BCUT2D eigenvalue weighted by molar-refractivity contribution is 5.98. The minimum absolute atomic E-state index is 0.121. The van der Waals surface area contributed by atoms with Crippen LogP contribution >= 0.6 is 0 Å². The average Bonchev–Trinajstić information content (AvgIpc) is 3.03. The molecule has 116 valence electrons. The Morgan fingerprint density at radius 2 is 2.04 bits per heavy atom. The van der Waals surface area contributed by atoms with E-state index in [1.807, 2.05) is 6.92 Å². The Labute approximate surface area is 132 Å². The first-order valence-corrected chi connectivity index (χ1v) is 7.52. The van der Waals surface area contributed by atoms with Gasteiger partial charge in [0.2, 0.25) is 0 Å². The van der Waals surface area contributed by atoms with Gasteiger partial charge in [-0.1, -0.05) is 6.07 Å². The molecule has 1 aromatic carbocycles. The van der Waals surface area contributed by atoms with Gasteiger partial charge in [0, 0.05) is 31.3 Å². The van der Waals surface area contributed by atoms with Crippen LogP contribution in [0.2, 0.25) is 0 Å². The normalized spacial score (nSPS) is 17.3. The summed E-state index contributed by atoms with van der Waals surface area (Å²) in [4.78, 5) is 23.2. The number of carbonyl (C=O) groups is 1. The number of hydrogen-bond donors (Lipinski definition) is 0. The van der Waals surface area contributed by atoms with E-state index in [9.17, 15) is 9.18 Å². The van der Waals surface area contributed by atoms with Crippen molar-refractivity contribution in [2.24, 2.45) is 0 Å². The van der Waals surface area contributed by atoms with E-state index in [0.29, 0.717) is 24.3 Å². The summed E-state index contributed by atoms with van der Waals surface area (Å²) in [6.45, 7) is 2.50. The number of fused-ring (bicyclic) bond motifs is 2. The number of amides is 1. The molecule has 1 aliphatic heterocycles. The molecule has 1 amide bonds. The van der Waals surface area contributed by atoms with Crippen LogP contribution in [-0.4, -0.2) is 31.7 Å². The standard InChI is InChI=1S/C17H15FN4O/c1-11-14-3-2-13(18)10-12(14)4-7-22(11)17(23)15-16-20-6-9-21(16)8-5-19-15/h2-3,5-6,8-11H,4,7H2,1H3/t11-/m1/s1. The van der Waals surface area contributed by atoms with Crippen molar-refractivity contribution in [2.75, 3.05) is 6.54 Å². The van der Waals surface area contributed by atoms with Crippen molar-refractivity contribution >= 4 is 11.6 Å². The van der Waals surface area contributed by atoms with Gasteiger partial charge in [-0.15, -0.1) is 0 Å². The lowest BCUT2D eigenvalue weighted by Crippen LogP contribution is -2.39. The Morgan fingerprint density at radius 3 is 2.87 bits per heavy atom. The summed E-state index contributed by atoms with van der Waals surface area (Å²) < 4.78 is 15.2. The fourth-order valence-corrected chi connectivity index (χ4v) is 3.22. The van der Waals surface area contributed by atoms with Crippen LogP contribution in [0.3, 0.4) is 0 Å². The maximum absolute atomic E-state index is 13.4. The highest BCUT2D eigenvalue weighted by Gasteiger charge is 2.30. The van der Waals surface area contributed by atoms with Crippen LogP contribution < -0.4 is 0 Å². The molecule has 0 saturated heterocycles. The van der Waals surface area contributed by atoms with E-state index in [1.165, 1.54) is 6.07 Å². The van der Waals surface area contributed by atoms with Gasteiger partial charge in [-0.05, 0) is 36.6 Å². The fraction of sp³-hybridized carbons (Fsp3) is 0.235. The summed E-state index contributed by atoms with van der Waals surface area (Å²) in [5.41, 5.74) is 2.85. The quantitative estimate of drug-likeness (QED) is 0.694. The van der Waals surface area contributed by atoms with Crippen LogP contribution in [0.25, 0.3) is 5.65 Å². The number of rotatable bonds is 1. The molecule has 0 unspecified atom stereocenters. The van der Waals surface area contributed by atoms with Gasteiger partial charge in [0.05, 0.1) is 6.04 Å². The smallest absolute Gasteiger partial charge is 0.276 e. The van der Waals surface area contributed by atoms with Crippen LogP contribution in [0.5, 0.6) is 0 Å². The first kappa shape index (κ1) is 13.9. The largest absolute Gasteiger partial charge is 0.330 e. The van der Waals surface area contributed by atoms with Gasteiger partial charge in [0.1, 0.15) is 5.82 Å². The summed E-state index contributed by atoms with van der Waals surface area (Å²) in [5, 5.41) is 0. The Morgan fingerprint density at radius 1 is 1.26 bits per heavy atom. The molecule has 3 aromatic rings. The molecule has 0 saturated carbocycles. The van der Waals surface area contributed by atoms with Gasteiger partial charge < -0.3 is 9.30 Å². The number of halogens is 1. The average molecular weight is 310 g/mol. The summed E-state index contributed by atoms with van der Waals surface area (Å²) in [6, 6.07) is 4.64. The van der Waals surface area contributed by atoms with Crippen LogP contribution in [0, 0.1) is 5.82 Å². The highest BCUT2D eigenvalue weighted by atomic mass is 19.1. The second-order valence-electron chi connectivity index (χ2n) is 5.70. The molecule has 0 fully saturated rings. The topological polar surface area (TPSA) is 50.5 Å². The first-order valence-electron chi connectivity index (χ1n) is 7.52. The van der Waals surface area contributed by atoms with Crippen molar-refractivity contribution in [2.45, 2.75) is 19.4 Å². The van der Waals surface area contributed by atoms with Gasteiger partial charge in [0.25, 0.3) is 5.91 Å². The lowest BCUT2D eigenvalue weighted by Gasteiger charge is -2.35. The molecule has 23 heavy (non-hydrogen) atoms. The maximum atomic E-state index is 13.4. The number of hydrogen-bond acceptors (Lipinski definition) is 3. The zero-order valence-electron chi connectivity index (χ0n) is 12.6. The highest BCUT2D eigenvalue weighted by Crippen LogP contribution is 2.31. The van der Waals surface area contributed by atoms with E-state index in [-0.39, 0.29) is 17.8 Å². The van der Waals surface area contributed by atoms with Crippen molar-refractivity contribution in [3.63, 3.8) is 0 Å². The Kier molecular flexibility index (Phi) is 3.11. The van der Waals surface area contributed by atoms with E-state index in [2.05, 4.69) is 9.97 Å². The van der Waals surface area contributed by atoms with Crippen LogP contribution in [0.4, 0.5) is 4.39 Å². The third-order valence-electron chi connectivity index (χ3n) is 4.42. The van der Waals surface area contributed by atoms with E-state index in [0.717, 1.165) is 11.1 Å². The fourth-order valence-electron chi connectivity index (χ4n) is 3.22. The minimum atomic E-state index is -0.237. The second kappa shape index (κ2) is 5.15. The SMILES string of the molecule is C[C@@H]1c2ccc(F)cc2CCN1C(=O)c1nccn2ccnc12. The lowest BCUT2D eigenvalue weighted by molar-refractivity contribution is 0.0673. The molecule has 4 rings (SSSR count). The van der Waals surface area contributed by atoms with Crippen molar-refractivity contribution in [3.8, 4) is 0 Å². The molecule has 6 heteroatoms. The third kappa shape index (κ3) is 2.18. The molecule has 0 aliphatic carbocycles. The van der Waals surface area contributed by atoms with Crippen molar-refractivity contribution in [1.29, 1.82) is 0 Å². The molecule has 0 N–H and O–H groups in total. The number of aromatic nitrogens is 3. The van der Waals surface area contributed by atoms with Crippen LogP contribution in [0.15, 0.2) is 43.0 Å². The first-order chi connectivity index (χ1) is 11.1. The number of imidazole rings is 1. The van der Waals surface area contributed by atoms with Crippen LogP contribution in [0.1, 0.15) is 34.6 Å². The molecular formula is C17H15FN4O. The Hall–Kier alpha value is -2.76. The summed E-state index contributed by atoms with van der Waals surface area (Å²) >= 11 is 0. The molecule has 2 aromatic heterocycles. The Bertz CT molecular complexity index is 904. The predicted octanol–water partition coefficient (Wildman–Crippen LogP) is 2.63. The van der Waals surface area contributed by atoms with Gasteiger partial charge in [0.15, 0.2) is 11.3 Å². The Balaban J connectivity index is 1.72. The minimum Gasteiger partial charge on any atom is -0.330 e. The molecular weight excluding hydrogens is 295 g/mol. The molecule has 0 radical (unpaired) electrons. The third-order valence-corrected chi connectivity index (χ3v) is 4.42. The second-order valence-corrected chi connectivity index (χ2v) is 5.70.